The Bertz CT molecular complexity index is 2290. The first-order chi connectivity index (χ1) is 26.6. The monoisotopic (exact) mass is 744 g/mol. The van der Waals surface area contributed by atoms with Crippen LogP contribution in [0, 0.1) is 34.6 Å². The Kier molecular flexibility index (Phi) is 12.5. The summed E-state index contributed by atoms with van der Waals surface area (Å²) in [5.74, 6) is 3.58. The van der Waals surface area contributed by atoms with Crippen LogP contribution in [0.5, 0.6) is 11.5 Å². The van der Waals surface area contributed by atoms with E-state index in [0.717, 1.165) is 69.8 Å². The molecule has 0 aliphatic heterocycles. The first kappa shape index (κ1) is 38.2. The van der Waals surface area contributed by atoms with Gasteiger partial charge in [0.05, 0.1) is 42.5 Å². The molecule has 7 aromatic rings. The maximum absolute atomic E-state index is 11.9. The molecule has 0 aliphatic rings. The van der Waals surface area contributed by atoms with Crippen molar-refractivity contribution in [1.82, 2.24) is 40.4 Å². The third-order valence-corrected chi connectivity index (χ3v) is 8.81. The van der Waals surface area contributed by atoms with Gasteiger partial charge in [-0.15, -0.1) is 5.10 Å². The molecule has 284 valence electrons. The Morgan fingerprint density at radius 2 is 1.20 bits per heavy atom. The molecule has 0 atom stereocenters. The number of H-pyrrole nitrogens is 1. The predicted molar refractivity (Wildman–Crippen MR) is 202 cm³/mol. The van der Waals surface area contributed by atoms with Crippen molar-refractivity contribution in [2.75, 3.05) is 13.2 Å². The molecule has 0 aliphatic carbocycles. The Hall–Kier alpha value is -6.57. The molecule has 0 saturated heterocycles. The Balaban J connectivity index is 0.000000197. The molecular weight excluding hydrogens is 701 g/mol. The van der Waals surface area contributed by atoms with Crippen LogP contribution in [0.15, 0.2) is 87.7 Å². The van der Waals surface area contributed by atoms with E-state index in [0.29, 0.717) is 50.1 Å². The van der Waals surface area contributed by atoms with Gasteiger partial charge < -0.3 is 23.4 Å². The minimum absolute atomic E-state index is 0.104. The van der Waals surface area contributed by atoms with Crippen molar-refractivity contribution in [2.45, 2.75) is 66.8 Å². The topological polar surface area (TPSA) is 180 Å². The minimum Gasteiger partial charge on any atom is -0.493 e. The van der Waals surface area contributed by atoms with Crippen molar-refractivity contribution in [3.05, 3.63) is 153 Å². The lowest BCUT2D eigenvalue weighted by atomic mass is 10.1. The summed E-state index contributed by atoms with van der Waals surface area (Å²) in [5.41, 5.74) is 7.36. The zero-order valence-electron chi connectivity index (χ0n) is 31.6. The molecule has 14 heteroatoms. The number of hydrogen-bond donors (Lipinski definition) is 2. The van der Waals surface area contributed by atoms with E-state index in [9.17, 15) is 9.90 Å². The molecule has 0 bridgehead atoms. The van der Waals surface area contributed by atoms with Crippen molar-refractivity contribution < 1.29 is 28.2 Å². The lowest BCUT2D eigenvalue weighted by molar-refractivity contribution is 0.0682. The zero-order valence-corrected chi connectivity index (χ0v) is 31.6. The van der Waals surface area contributed by atoms with Crippen molar-refractivity contribution in [3.63, 3.8) is 0 Å². The molecule has 55 heavy (non-hydrogen) atoms. The molecular formula is C41H44N8O6. The van der Waals surface area contributed by atoms with E-state index in [1.807, 2.05) is 101 Å². The highest BCUT2D eigenvalue weighted by Gasteiger charge is 2.20. The quantitative estimate of drug-likeness (QED) is 0.113. The van der Waals surface area contributed by atoms with Gasteiger partial charge in [0.15, 0.2) is 17.5 Å². The molecule has 0 spiro atoms. The average Bonchev–Trinajstić information content (AvgIpc) is 3.93. The highest BCUT2D eigenvalue weighted by Crippen LogP contribution is 2.19. The molecule has 2 N–H and O–H groups in total. The number of hydrogen-bond acceptors (Lipinski definition) is 11. The van der Waals surface area contributed by atoms with E-state index in [2.05, 4.69) is 47.8 Å². The van der Waals surface area contributed by atoms with Gasteiger partial charge in [-0.25, -0.2) is 19.4 Å². The first-order valence-electron chi connectivity index (χ1n) is 18.0. The van der Waals surface area contributed by atoms with Crippen LogP contribution in [0.1, 0.15) is 79.0 Å². The van der Waals surface area contributed by atoms with Crippen molar-refractivity contribution in [3.8, 4) is 11.5 Å². The highest BCUT2D eigenvalue weighted by atomic mass is 16.5. The SMILES string of the molecule is Cc1nc(CCOc2ccc(Cc3n[nH]nc3C)cc2)c(C)o1.Cc1nc(CCOc2ccc(Cc3nnn(Cc4ccccc4)c3C(=O)O)cc2)c(C)o1. The number of rotatable bonds is 15. The molecule has 4 aromatic heterocycles. The number of carboxylic acids is 1. The summed E-state index contributed by atoms with van der Waals surface area (Å²) in [4.78, 5) is 20.6. The molecule has 0 amide bonds. The number of aromatic nitrogens is 8. The van der Waals surface area contributed by atoms with Crippen LogP contribution in [0.4, 0.5) is 0 Å². The number of aryl methyl sites for hydroxylation is 5. The predicted octanol–water partition coefficient (Wildman–Crippen LogP) is 6.77. The number of carbonyl (C=O) groups is 1. The lowest BCUT2D eigenvalue weighted by Crippen LogP contribution is -2.12. The molecule has 0 radical (unpaired) electrons. The number of benzene rings is 3. The number of carboxylic acid groups (broad SMARTS) is 1. The number of ether oxygens (including phenoxy) is 2. The summed E-state index contributed by atoms with van der Waals surface area (Å²) in [7, 11) is 0. The largest absolute Gasteiger partial charge is 0.493 e. The van der Waals surface area contributed by atoms with Gasteiger partial charge in [0, 0.05) is 39.5 Å². The van der Waals surface area contributed by atoms with Crippen LogP contribution in [-0.2, 0) is 32.2 Å². The second-order valence-corrected chi connectivity index (χ2v) is 13.0. The van der Waals surface area contributed by atoms with Gasteiger partial charge in [0.25, 0.3) is 0 Å². The van der Waals surface area contributed by atoms with E-state index < -0.39 is 5.97 Å². The number of nitrogens with one attached hydrogen (secondary N) is 1. The number of aromatic amines is 1. The Morgan fingerprint density at radius 1 is 0.673 bits per heavy atom. The van der Waals surface area contributed by atoms with Gasteiger partial charge in [-0.1, -0.05) is 59.8 Å². The fraction of sp³-hybridized carbons (Fsp3) is 0.293. The maximum atomic E-state index is 11.9. The number of oxazole rings is 2. The van der Waals surface area contributed by atoms with Crippen LogP contribution in [-0.4, -0.2) is 64.7 Å². The van der Waals surface area contributed by atoms with E-state index in [4.69, 9.17) is 18.3 Å². The van der Waals surface area contributed by atoms with Crippen LogP contribution < -0.4 is 9.47 Å². The number of aromatic carboxylic acids is 1. The standard InChI is InChI=1S/C24H24N4O4.C17H20N4O2/c1-16-21(25-17(2)32-16)12-13-31-20-10-8-18(9-11-20)14-22-23(24(29)30)28(27-26-22)15-19-6-4-3-5-7-19;1-11-17(20-21-19-11)10-14-4-6-15(7-5-14)22-9-8-16-12(2)23-13(3)18-16/h3-11H,12-15H2,1-2H3,(H,29,30);4-7H,8-10H2,1-3H3,(H,19,20,21). The van der Waals surface area contributed by atoms with Crippen LogP contribution in [0.25, 0.3) is 0 Å². The van der Waals surface area contributed by atoms with Crippen molar-refractivity contribution >= 4 is 5.97 Å². The molecule has 0 unspecified atom stereocenters. The molecule has 0 saturated carbocycles. The summed E-state index contributed by atoms with van der Waals surface area (Å²) in [6.45, 7) is 10.9. The summed E-state index contributed by atoms with van der Waals surface area (Å²) in [6, 6.07) is 25.2. The zero-order chi connectivity index (χ0) is 38.7. The van der Waals surface area contributed by atoms with Crippen LogP contribution in [0.2, 0.25) is 0 Å². The van der Waals surface area contributed by atoms with Crippen molar-refractivity contribution in [2.24, 2.45) is 0 Å². The summed E-state index contributed by atoms with van der Waals surface area (Å²) >= 11 is 0. The lowest BCUT2D eigenvalue weighted by Gasteiger charge is -2.07. The van der Waals surface area contributed by atoms with E-state index in [1.165, 1.54) is 10.2 Å². The van der Waals surface area contributed by atoms with Crippen molar-refractivity contribution in [1.29, 1.82) is 0 Å². The molecule has 7 rings (SSSR count). The number of nitrogens with zero attached hydrogens (tertiary/aromatic N) is 7. The van der Waals surface area contributed by atoms with Crippen LogP contribution >= 0.6 is 0 Å². The molecule has 4 heterocycles. The van der Waals surface area contributed by atoms with Crippen LogP contribution in [0.3, 0.4) is 0 Å². The fourth-order valence-electron chi connectivity index (χ4n) is 5.98. The van der Waals surface area contributed by atoms with Gasteiger partial charge in [-0.2, -0.15) is 15.4 Å². The molecule has 3 aromatic carbocycles. The fourth-order valence-corrected chi connectivity index (χ4v) is 5.98. The smallest absolute Gasteiger partial charge is 0.356 e. The molecule has 0 fully saturated rings. The van der Waals surface area contributed by atoms with E-state index in [-0.39, 0.29) is 5.69 Å². The van der Waals surface area contributed by atoms with Gasteiger partial charge in [-0.3, -0.25) is 0 Å². The maximum Gasteiger partial charge on any atom is 0.356 e. The summed E-state index contributed by atoms with van der Waals surface area (Å²) in [6.07, 6.45) is 2.54. The summed E-state index contributed by atoms with van der Waals surface area (Å²) in [5, 5.41) is 28.7. The average molecular weight is 745 g/mol. The van der Waals surface area contributed by atoms with Gasteiger partial charge >= 0.3 is 5.97 Å². The summed E-state index contributed by atoms with van der Waals surface area (Å²) < 4.78 is 23.8. The van der Waals surface area contributed by atoms with Gasteiger partial charge in [0.1, 0.15) is 28.7 Å². The Morgan fingerprint density at radius 3 is 1.65 bits per heavy atom. The third-order valence-electron chi connectivity index (χ3n) is 8.81. The van der Waals surface area contributed by atoms with Gasteiger partial charge in [-0.05, 0) is 61.7 Å². The highest BCUT2D eigenvalue weighted by molar-refractivity contribution is 5.87. The van der Waals surface area contributed by atoms with E-state index >= 15 is 0 Å². The first-order valence-corrected chi connectivity index (χ1v) is 18.0. The Labute approximate surface area is 318 Å². The normalized spacial score (nSPS) is 10.9. The minimum atomic E-state index is -1.04. The van der Waals surface area contributed by atoms with E-state index in [1.54, 1.807) is 0 Å². The second kappa shape index (κ2) is 18.0. The molecule has 14 nitrogen and oxygen atoms in total. The third kappa shape index (κ3) is 10.5. The van der Waals surface area contributed by atoms with Gasteiger partial charge in [0.2, 0.25) is 0 Å². The second-order valence-electron chi connectivity index (χ2n) is 13.0.